The Morgan fingerprint density at radius 1 is 1.29 bits per heavy atom. The first kappa shape index (κ1) is 13.9. The van der Waals surface area contributed by atoms with E-state index in [1.807, 2.05) is 27.7 Å². The zero-order chi connectivity index (χ0) is 13.0. The van der Waals surface area contributed by atoms with E-state index in [0.717, 1.165) is 5.82 Å². The lowest BCUT2D eigenvalue weighted by molar-refractivity contribution is -0.122. The van der Waals surface area contributed by atoms with Crippen molar-refractivity contribution in [1.29, 1.82) is 0 Å². The number of aromatic nitrogens is 2. The zero-order valence-corrected chi connectivity index (χ0v) is 11.8. The van der Waals surface area contributed by atoms with Gasteiger partial charge in [0.2, 0.25) is 11.0 Å². The number of carbonyl (C=O) groups excluding carboxylic acids is 1. The first-order valence-electron chi connectivity index (χ1n) is 5.77. The summed E-state index contributed by atoms with van der Waals surface area (Å²) in [4.78, 5) is 16.0. The number of hydrogen-bond donors (Lipinski definition) is 2. The molecule has 0 bridgehead atoms. The summed E-state index contributed by atoms with van der Waals surface area (Å²) in [6.45, 7) is 8.09. The fourth-order valence-electron chi connectivity index (χ4n) is 1.35. The Labute approximate surface area is 106 Å². The van der Waals surface area contributed by atoms with Crippen molar-refractivity contribution in [2.24, 2.45) is 5.92 Å². The Bertz CT molecular complexity index is 375. The third-order valence-corrected chi connectivity index (χ3v) is 3.09. The van der Waals surface area contributed by atoms with Gasteiger partial charge in [-0.3, -0.25) is 4.79 Å². The van der Waals surface area contributed by atoms with Gasteiger partial charge in [0.05, 0.1) is 0 Å². The second-order valence-corrected chi connectivity index (χ2v) is 5.34. The summed E-state index contributed by atoms with van der Waals surface area (Å²) < 4.78 is 4.25. The first-order chi connectivity index (χ1) is 7.95. The smallest absolute Gasteiger partial charge is 0.242 e. The van der Waals surface area contributed by atoms with Gasteiger partial charge in [-0.05, 0) is 5.92 Å². The molecule has 1 aromatic rings. The van der Waals surface area contributed by atoms with Crippen LogP contribution in [0.15, 0.2) is 0 Å². The van der Waals surface area contributed by atoms with E-state index in [1.54, 1.807) is 7.05 Å². The molecule has 0 fully saturated rings. The van der Waals surface area contributed by atoms with Crippen LogP contribution in [0.4, 0.5) is 5.13 Å². The fourth-order valence-corrected chi connectivity index (χ4v) is 2.10. The highest BCUT2D eigenvalue weighted by atomic mass is 32.1. The molecule has 0 aromatic carbocycles. The van der Waals surface area contributed by atoms with Gasteiger partial charge in [0.1, 0.15) is 11.9 Å². The van der Waals surface area contributed by atoms with Crippen LogP contribution in [0.25, 0.3) is 0 Å². The van der Waals surface area contributed by atoms with Gasteiger partial charge in [-0.1, -0.05) is 27.7 Å². The minimum Gasteiger partial charge on any atom is -0.357 e. The molecule has 0 radical (unpaired) electrons. The van der Waals surface area contributed by atoms with Crippen LogP contribution in [-0.2, 0) is 4.79 Å². The number of anilines is 1. The van der Waals surface area contributed by atoms with Gasteiger partial charge in [-0.15, -0.1) is 0 Å². The van der Waals surface area contributed by atoms with E-state index < -0.39 is 0 Å². The summed E-state index contributed by atoms with van der Waals surface area (Å²) in [6, 6.07) is -0.270. The van der Waals surface area contributed by atoms with Gasteiger partial charge in [-0.25, -0.2) is 4.98 Å². The third-order valence-electron chi connectivity index (χ3n) is 2.43. The van der Waals surface area contributed by atoms with Gasteiger partial charge in [-0.2, -0.15) is 4.37 Å². The maximum absolute atomic E-state index is 11.7. The summed E-state index contributed by atoms with van der Waals surface area (Å²) in [7, 11) is 1.64. The summed E-state index contributed by atoms with van der Waals surface area (Å²) in [5.74, 6) is 1.29. The lowest BCUT2D eigenvalue weighted by Gasteiger charge is -2.19. The molecular formula is C11H20N4OS. The standard InChI is InChI=1S/C11H20N4OS/c1-6(2)8(10(16)12-5)13-11-14-9(7(3)4)15-17-11/h6-8H,1-5H3,(H,12,16)(H,13,14,15). The molecule has 1 heterocycles. The Hall–Kier alpha value is -1.17. The Morgan fingerprint density at radius 3 is 2.35 bits per heavy atom. The highest BCUT2D eigenvalue weighted by Crippen LogP contribution is 2.19. The highest BCUT2D eigenvalue weighted by Gasteiger charge is 2.22. The average Bonchev–Trinajstić information content (AvgIpc) is 2.73. The number of hydrogen-bond acceptors (Lipinski definition) is 5. The topological polar surface area (TPSA) is 66.9 Å². The van der Waals surface area contributed by atoms with E-state index >= 15 is 0 Å². The lowest BCUT2D eigenvalue weighted by atomic mass is 10.0. The Morgan fingerprint density at radius 2 is 1.94 bits per heavy atom. The van der Waals surface area contributed by atoms with Crippen molar-refractivity contribution in [2.75, 3.05) is 12.4 Å². The minimum absolute atomic E-state index is 0.0266. The number of likely N-dealkylation sites (N-methyl/N-ethyl adjacent to an activating group) is 1. The molecule has 1 atom stereocenters. The average molecular weight is 256 g/mol. The van der Waals surface area contributed by atoms with Crippen molar-refractivity contribution in [1.82, 2.24) is 14.7 Å². The van der Waals surface area contributed by atoms with Gasteiger partial charge < -0.3 is 10.6 Å². The quantitative estimate of drug-likeness (QED) is 0.843. The second kappa shape index (κ2) is 5.95. The fraction of sp³-hybridized carbons (Fsp3) is 0.727. The summed E-state index contributed by atoms with van der Waals surface area (Å²) in [5.41, 5.74) is 0. The molecule has 2 N–H and O–H groups in total. The molecule has 5 nitrogen and oxygen atoms in total. The van der Waals surface area contributed by atoms with Crippen LogP contribution in [0.2, 0.25) is 0 Å². The Balaban J connectivity index is 2.75. The van der Waals surface area contributed by atoms with Crippen LogP contribution in [-0.4, -0.2) is 28.4 Å². The SMILES string of the molecule is CNC(=O)C(Nc1nc(C(C)C)ns1)C(C)C. The third kappa shape index (κ3) is 3.66. The summed E-state index contributed by atoms with van der Waals surface area (Å²) in [6.07, 6.45) is 0. The number of carbonyl (C=O) groups is 1. The van der Waals surface area contributed by atoms with Crippen LogP contribution in [0.3, 0.4) is 0 Å². The molecule has 6 heteroatoms. The molecular weight excluding hydrogens is 236 g/mol. The van der Waals surface area contributed by atoms with Crippen molar-refractivity contribution in [3.05, 3.63) is 5.82 Å². The van der Waals surface area contributed by atoms with Crippen molar-refractivity contribution in [3.8, 4) is 0 Å². The number of amides is 1. The van der Waals surface area contributed by atoms with Gasteiger partial charge in [0.25, 0.3) is 0 Å². The molecule has 0 spiro atoms. The predicted molar refractivity (Wildman–Crippen MR) is 70.3 cm³/mol. The molecule has 0 aliphatic heterocycles. The molecule has 1 rings (SSSR count). The number of nitrogens with zero attached hydrogens (tertiary/aromatic N) is 2. The van der Waals surface area contributed by atoms with E-state index in [1.165, 1.54) is 11.5 Å². The molecule has 0 aliphatic carbocycles. The molecule has 1 aromatic heterocycles. The molecule has 1 amide bonds. The minimum atomic E-state index is -0.270. The van der Waals surface area contributed by atoms with Crippen LogP contribution in [0, 0.1) is 5.92 Å². The van der Waals surface area contributed by atoms with E-state index in [4.69, 9.17) is 0 Å². The van der Waals surface area contributed by atoms with Crippen LogP contribution in [0.5, 0.6) is 0 Å². The number of nitrogens with one attached hydrogen (secondary N) is 2. The van der Waals surface area contributed by atoms with E-state index in [-0.39, 0.29) is 17.9 Å². The van der Waals surface area contributed by atoms with Crippen molar-refractivity contribution < 1.29 is 4.79 Å². The van der Waals surface area contributed by atoms with Crippen molar-refractivity contribution >= 4 is 22.6 Å². The highest BCUT2D eigenvalue weighted by molar-refractivity contribution is 7.09. The van der Waals surface area contributed by atoms with E-state index in [0.29, 0.717) is 11.0 Å². The zero-order valence-electron chi connectivity index (χ0n) is 10.9. The summed E-state index contributed by atoms with van der Waals surface area (Å²) in [5, 5.41) is 6.49. The number of rotatable bonds is 5. The maximum Gasteiger partial charge on any atom is 0.242 e. The monoisotopic (exact) mass is 256 g/mol. The van der Waals surface area contributed by atoms with Gasteiger partial charge in [0.15, 0.2) is 0 Å². The normalized spacial score (nSPS) is 12.9. The van der Waals surface area contributed by atoms with Crippen molar-refractivity contribution in [3.63, 3.8) is 0 Å². The van der Waals surface area contributed by atoms with Gasteiger partial charge >= 0.3 is 0 Å². The van der Waals surface area contributed by atoms with Crippen molar-refractivity contribution in [2.45, 2.75) is 39.7 Å². The van der Waals surface area contributed by atoms with Crippen LogP contribution < -0.4 is 10.6 Å². The van der Waals surface area contributed by atoms with Crippen LogP contribution in [0.1, 0.15) is 39.4 Å². The van der Waals surface area contributed by atoms with E-state index in [2.05, 4.69) is 20.0 Å². The van der Waals surface area contributed by atoms with Crippen LogP contribution >= 0.6 is 11.5 Å². The molecule has 96 valence electrons. The predicted octanol–water partition coefficient (Wildman–Crippen LogP) is 1.84. The van der Waals surface area contributed by atoms with Gasteiger partial charge in [0, 0.05) is 24.5 Å². The molecule has 0 saturated carbocycles. The molecule has 17 heavy (non-hydrogen) atoms. The lowest BCUT2D eigenvalue weighted by Crippen LogP contribution is -2.41. The molecule has 0 aliphatic rings. The second-order valence-electron chi connectivity index (χ2n) is 4.59. The maximum atomic E-state index is 11.7. The Kier molecular flexibility index (Phi) is 4.86. The molecule has 1 unspecified atom stereocenters. The van der Waals surface area contributed by atoms with E-state index in [9.17, 15) is 4.79 Å². The molecule has 0 saturated heterocycles. The first-order valence-corrected chi connectivity index (χ1v) is 6.54. The summed E-state index contributed by atoms with van der Waals surface area (Å²) >= 11 is 1.30. The largest absolute Gasteiger partial charge is 0.357 e.